The first-order valence-electron chi connectivity index (χ1n) is 8.22. The number of carbonyl (C=O) groups excluding carboxylic acids is 1. The van der Waals surface area contributed by atoms with Gasteiger partial charge >= 0.3 is 0 Å². The van der Waals surface area contributed by atoms with Crippen LogP contribution in [0.4, 0.5) is 5.69 Å². The van der Waals surface area contributed by atoms with E-state index in [0.717, 1.165) is 51.3 Å². The quantitative estimate of drug-likeness (QED) is 0.832. The number of nitrogens with zero attached hydrogens (tertiary/aromatic N) is 1. The minimum atomic E-state index is -0.0623. The van der Waals surface area contributed by atoms with E-state index in [0.29, 0.717) is 11.3 Å². The van der Waals surface area contributed by atoms with Crippen LogP contribution in [0.2, 0.25) is 0 Å². The van der Waals surface area contributed by atoms with Crippen LogP contribution >= 0.6 is 0 Å². The average Bonchev–Trinajstić information content (AvgIpc) is 3.03. The van der Waals surface area contributed by atoms with Crippen LogP contribution in [0.5, 0.6) is 0 Å². The fraction of sp³-hybridized carbons (Fsp3) is 0.588. The zero-order valence-electron chi connectivity index (χ0n) is 13.0. The van der Waals surface area contributed by atoms with E-state index in [1.807, 2.05) is 18.2 Å². The molecule has 0 radical (unpaired) electrons. The van der Waals surface area contributed by atoms with E-state index in [4.69, 9.17) is 10.5 Å². The van der Waals surface area contributed by atoms with Gasteiger partial charge in [0.25, 0.3) is 5.91 Å². The third-order valence-electron chi connectivity index (χ3n) is 4.52. The number of carbonyl (C=O) groups is 1. The predicted molar refractivity (Wildman–Crippen MR) is 86.7 cm³/mol. The maximum Gasteiger partial charge on any atom is 0.253 e. The summed E-state index contributed by atoms with van der Waals surface area (Å²) in [4.78, 5) is 14.9. The molecule has 5 heteroatoms. The maximum atomic E-state index is 12.5. The number of hydrogen-bond donors (Lipinski definition) is 2. The van der Waals surface area contributed by atoms with Crippen molar-refractivity contribution in [3.05, 3.63) is 29.3 Å². The summed E-state index contributed by atoms with van der Waals surface area (Å²) in [5.41, 5.74) is 8.32. The Bertz CT molecular complexity index is 521. The van der Waals surface area contributed by atoms with Crippen molar-refractivity contribution in [3.8, 4) is 0 Å². The number of ether oxygens (including phenoxy) is 1. The second kappa shape index (κ2) is 7.11. The minimum Gasteiger partial charge on any atom is -0.398 e. The Kier molecular flexibility index (Phi) is 4.95. The lowest BCUT2D eigenvalue weighted by molar-refractivity contribution is 0.0697. The highest BCUT2D eigenvalue weighted by molar-refractivity contribution is 5.99. The highest BCUT2D eigenvalue weighted by Gasteiger charge is 2.19. The van der Waals surface area contributed by atoms with E-state index < -0.39 is 0 Å². The average molecular weight is 303 g/mol. The number of nitrogens with one attached hydrogen (secondary N) is 1. The van der Waals surface area contributed by atoms with Gasteiger partial charge in [0.15, 0.2) is 0 Å². The Balaban J connectivity index is 1.66. The number of hydrogen-bond acceptors (Lipinski definition) is 4. The van der Waals surface area contributed by atoms with Crippen molar-refractivity contribution in [2.24, 2.45) is 0 Å². The molecule has 0 unspecified atom stereocenters. The molecule has 0 aliphatic carbocycles. The molecular formula is C17H25N3O2. The first kappa shape index (κ1) is 15.3. The standard InChI is InChI=1S/C17H25N3O2/c18-16-4-3-13(12-20-7-1-2-8-20)11-15(16)17(21)19-14-5-9-22-10-6-14/h3-4,11,14H,1-2,5-10,12,18H2,(H,19,21). The molecule has 0 bridgehead atoms. The largest absolute Gasteiger partial charge is 0.398 e. The number of anilines is 1. The summed E-state index contributed by atoms with van der Waals surface area (Å²) in [7, 11) is 0. The fourth-order valence-corrected chi connectivity index (χ4v) is 3.20. The van der Waals surface area contributed by atoms with Crippen molar-refractivity contribution < 1.29 is 9.53 Å². The number of nitrogens with two attached hydrogens (primary N) is 1. The number of rotatable bonds is 4. The molecule has 1 amide bonds. The van der Waals surface area contributed by atoms with Crippen molar-refractivity contribution in [1.82, 2.24) is 10.2 Å². The van der Waals surface area contributed by atoms with E-state index in [9.17, 15) is 4.79 Å². The Hall–Kier alpha value is -1.59. The SMILES string of the molecule is Nc1ccc(CN2CCCC2)cc1C(=O)NC1CCOCC1. The Morgan fingerprint density at radius 3 is 2.73 bits per heavy atom. The monoisotopic (exact) mass is 303 g/mol. The van der Waals surface area contributed by atoms with Crippen molar-refractivity contribution in [3.63, 3.8) is 0 Å². The van der Waals surface area contributed by atoms with Gasteiger partial charge in [-0.15, -0.1) is 0 Å². The predicted octanol–water partition coefficient (Wildman–Crippen LogP) is 1.77. The van der Waals surface area contributed by atoms with Crippen molar-refractivity contribution in [1.29, 1.82) is 0 Å². The molecule has 2 saturated heterocycles. The van der Waals surface area contributed by atoms with Gasteiger partial charge in [0, 0.05) is 31.5 Å². The molecule has 2 aliphatic rings. The first-order chi connectivity index (χ1) is 10.7. The van der Waals surface area contributed by atoms with E-state index in [1.165, 1.54) is 12.8 Å². The first-order valence-corrected chi connectivity index (χ1v) is 8.22. The minimum absolute atomic E-state index is 0.0623. The van der Waals surface area contributed by atoms with Gasteiger partial charge in [-0.3, -0.25) is 9.69 Å². The number of nitrogen functional groups attached to an aromatic ring is 1. The van der Waals surface area contributed by atoms with Gasteiger partial charge in [-0.2, -0.15) is 0 Å². The second-order valence-corrected chi connectivity index (χ2v) is 6.26. The topological polar surface area (TPSA) is 67.6 Å². The summed E-state index contributed by atoms with van der Waals surface area (Å²) in [6, 6.07) is 6.02. The zero-order valence-corrected chi connectivity index (χ0v) is 13.0. The van der Waals surface area contributed by atoms with Gasteiger partial charge in [-0.25, -0.2) is 0 Å². The maximum absolute atomic E-state index is 12.5. The molecule has 0 aromatic heterocycles. The Labute approximate surface area is 131 Å². The van der Waals surface area contributed by atoms with Crippen LogP contribution in [0.1, 0.15) is 41.6 Å². The van der Waals surface area contributed by atoms with Crippen LogP contribution in [0.25, 0.3) is 0 Å². The lowest BCUT2D eigenvalue weighted by Crippen LogP contribution is -2.39. The highest BCUT2D eigenvalue weighted by atomic mass is 16.5. The molecule has 2 aliphatic heterocycles. The smallest absolute Gasteiger partial charge is 0.253 e. The third kappa shape index (κ3) is 3.78. The lowest BCUT2D eigenvalue weighted by atomic mass is 10.1. The van der Waals surface area contributed by atoms with Gasteiger partial charge in [0.05, 0.1) is 5.56 Å². The van der Waals surface area contributed by atoms with Gasteiger partial charge in [-0.1, -0.05) is 6.07 Å². The van der Waals surface area contributed by atoms with Crippen LogP contribution in [-0.4, -0.2) is 43.2 Å². The molecule has 0 saturated carbocycles. The normalized spacial score (nSPS) is 20.2. The molecule has 0 atom stereocenters. The van der Waals surface area contributed by atoms with E-state index in [2.05, 4.69) is 10.2 Å². The van der Waals surface area contributed by atoms with Crippen molar-refractivity contribution in [2.75, 3.05) is 32.0 Å². The Morgan fingerprint density at radius 1 is 1.27 bits per heavy atom. The molecule has 1 aromatic rings. The molecule has 5 nitrogen and oxygen atoms in total. The molecule has 3 rings (SSSR count). The molecule has 22 heavy (non-hydrogen) atoms. The highest BCUT2D eigenvalue weighted by Crippen LogP contribution is 2.19. The van der Waals surface area contributed by atoms with Gasteiger partial charge in [0.2, 0.25) is 0 Å². The molecule has 120 valence electrons. The molecule has 2 heterocycles. The van der Waals surface area contributed by atoms with Gasteiger partial charge in [0.1, 0.15) is 0 Å². The number of likely N-dealkylation sites (tertiary alicyclic amines) is 1. The summed E-state index contributed by atoms with van der Waals surface area (Å²) < 4.78 is 5.32. The van der Waals surface area contributed by atoms with Crippen LogP contribution in [0.3, 0.4) is 0 Å². The molecular weight excluding hydrogens is 278 g/mol. The molecule has 2 fully saturated rings. The second-order valence-electron chi connectivity index (χ2n) is 6.26. The third-order valence-corrected chi connectivity index (χ3v) is 4.52. The number of amides is 1. The van der Waals surface area contributed by atoms with E-state index in [-0.39, 0.29) is 11.9 Å². The summed E-state index contributed by atoms with van der Waals surface area (Å²) >= 11 is 0. The summed E-state index contributed by atoms with van der Waals surface area (Å²) in [5, 5.41) is 3.08. The molecule has 0 spiro atoms. The lowest BCUT2D eigenvalue weighted by Gasteiger charge is -2.23. The zero-order chi connectivity index (χ0) is 15.4. The Morgan fingerprint density at radius 2 is 2.00 bits per heavy atom. The van der Waals surface area contributed by atoms with E-state index >= 15 is 0 Å². The van der Waals surface area contributed by atoms with Gasteiger partial charge in [-0.05, 0) is 56.5 Å². The molecule has 1 aromatic carbocycles. The fourth-order valence-electron chi connectivity index (χ4n) is 3.20. The number of benzene rings is 1. The van der Waals surface area contributed by atoms with Gasteiger partial charge < -0.3 is 15.8 Å². The van der Waals surface area contributed by atoms with Crippen LogP contribution < -0.4 is 11.1 Å². The van der Waals surface area contributed by atoms with Crippen LogP contribution in [-0.2, 0) is 11.3 Å². The van der Waals surface area contributed by atoms with Crippen LogP contribution in [0, 0.1) is 0 Å². The summed E-state index contributed by atoms with van der Waals surface area (Å²) in [6.45, 7) is 4.63. The summed E-state index contributed by atoms with van der Waals surface area (Å²) in [5.74, 6) is -0.0623. The van der Waals surface area contributed by atoms with Crippen molar-refractivity contribution >= 4 is 11.6 Å². The molecule has 3 N–H and O–H groups in total. The van der Waals surface area contributed by atoms with Crippen molar-refractivity contribution in [2.45, 2.75) is 38.3 Å². The summed E-state index contributed by atoms with van der Waals surface area (Å²) in [6.07, 6.45) is 4.29. The van der Waals surface area contributed by atoms with Crippen LogP contribution in [0.15, 0.2) is 18.2 Å². The van der Waals surface area contributed by atoms with E-state index in [1.54, 1.807) is 0 Å².